The third kappa shape index (κ3) is 3.62. The summed E-state index contributed by atoms with van der Waals surface area (Å²) < 4.78 is 1.74. The van der Waals surface area contributed by atoms with Gasteiger partial charge >= 0.3 is 5.69 Å². The molecule has 5 nitrogen and oxygen atoms in total. The molecule has 0 radical (unpaired) electrons. The zero-order valence-electron chi connectivity index (χ0n) is 10.9. The lowest BCUT2D eigenvalue weighted by atomic mass is 10.0. The Morgan fingerprint density at radius 1 is 1.50 bits per heavy atom. The lowest BCUT2D eigenvalue weighted by Crippen LogP contribution is -2.34. The van der Waals surface area contributed by atoms with Gasteiger partial charge in [-0.3, -0.25) is 4.57 Å². The Morgan fingerprint density at radius 2 is 2.39 bits per heavy atom. The Labute approximate surface area is 112 Å². The molecule has 0 saturated carbocycles. The third-order valence-electron chi connectivity index (χ3n) is 3.28. The summed E-state index contributed by atoms with van der Waals surface area (Å²) in [5.41, 5.74) is -0.0878. The maximum Gasteiger partial charge on any atom is 0.343 e. The molecule has 0 amide bonds. The number of nitrogens with zero attached hydrogens (tertiary/aromatic N) is 2. The Morgan fingerprint density at radius 3 is 3.11 bits per heavy atom. The van der Waals surface area contributed by atoms with Crippen LogP contribution in [0.15, 0.2) is 9.95 Å². The molecular formula is C12H22N4OS. The zero-order valence-corrected chi connectivity index (χ0v) is 11.8. The van der Waals surface area contributed by atoms with E-state index in [1.807, 2.05) is 0 Å². The average Bonchev–Trinajstić information content (AvgIpc) is 2.73. The van der Waals surface area contributed by atoms with E-state index in [2.05, 4.69) is 22.4 Å². The van der Waals surface area contributed by atoms with Crippen LogP contribution in [0.5, 0.6) is 0 Å². The first-order chi connectivity index (χ1) is 8.81. The first kappa shape index (κ1) is 13.7. The Bertz CT molecular complexity index is 408. The standard InChI is InChI=1S/C12H22N4OS/c1-2-8-16-11(17)14-15-12(16)18-9-6-10-5-3-4-7-13-10/h10,13H,2-9H2,1H3,(H,14,17). The van der Waals surface area contributed by atoms with Crippen molar-refractivity contribution >= 4 is 11.8 Å². The van der Waals surface area contributed by atoms with E-state index in [9.17, 15) is 4.79 Å². The van der Waals surface area contributed by atoms with Gasteiger partial charge in [0.15, 0.2) is 5.16 Å². The van der Waals surface area contributed by atoms with Gasteiger partial charge in [0.2, 0.25) is 0 Å². The largest absolute Gasteiger partial charge is 0.343 e. The van der Waals surface area contributed by atoms with E-state index in [1.165, 1.54) is 19.3 Å². The van der Waals surface area contributed by atoms with Crippen LogP contribution >= 0.6 is 11.8 Å². The van der Waals surface area contributed by atoms with Crippen molar-refractivity contribution in [2.24, 2.45) is 0 Å². The summed E-state index contributed by atoms with van der Waals surface area (Å²) in [6, 6.07) is 0.650. The van der Waals surface area contributed by atoms with E-state index < -0.39 is 0 Å². The van der Waals surface area contributed by atoms with Crippen molar-refractivity contribution in [3.8, 4) is 0 Å². The lowest BCUT2D eigenvalue weighted by Gasteiger charge is -2.22. The van der Waals surface area contributed by atoms with Crippen molar-refractivity contribution in [3.63, 3.8) is 0 Å². The number of aromatic amines is 1. The highest BCUT2D eigenvalue weighted by Crippen LogP contribution is 2.18. The van der Waals surface area contributed by atoms with Crippen LogP contribution in [-0.2, 0) is 6.54 Å². The molecule has 0 spiro atoms. The molecule has 102 valence electrons. The minimum Gasteiger partial charge on any atom is -0.314 e. The van der Waals surface area contributed by atoms with Crippen molar-refractivity contribution in [3.05, 3.63) is 10.5 Å². The molecule has 0 aliphatic carbocycles. The number of hydrogen-bond donors (Lipinski definition) is 2. The summed E-state index contributed by atoms with van der Waals surface area (Å²) in [5, 5.41) is 11.0. The Kier molecular flexibility index (Phi) is 5.31. The van der Waals surface area contributed by atoms with Gasteiger partial charge in [-0.05, 0) is 32.2 Å². The van der Waals surface area contributed by atoms with Gasteiger partial charge in [-0.2, -0.15) is 0 Å². The van der Waals surface area contributed by atoms with Gasteiger partial charge in [0, 0.05) is 18.3 Å². The Hall–Kier alpha value is -0.750. The highest BCUT2D eigenvalue weighted by atomic mass is 32.2. The first-order valence-corrected chi connectivity index (χ1v) is 7.81. The molecule has 0 aromatic carbocycles. The number of thioether (sulfide) groups is 1. The van der Waals surface area contributed by atoms with E-state index in [0.717, 1.165) is 36.8 Å². The van der Waals surface area contributed by atoms with E-state index in [4.69, 9.17) is 0 Å². The van der Waals surface area contributed by atoms with Gasteiger partial charge in [0.25, 0.3) is 0 Å². The summed E-state index contributed by atoms with van der Waals surface area (Å²) in [7, 11) is 0. The fourth-order valence-electron chi connectivity index (χ4n) is 2.30. The van der Waals surface area contributed by atoms with Crippen molar-refractivity contribution < 1.29 is 0 Å². The molecule has 1 fully saturated rings. The van der Waals surface area contributed by atoms with Crippen molar-refractivity contribution in [2.75, 3.05) is 12.3 Å². The summed E-state index contributed by atoms with van der Waals surface area (Å²) in [5.74, 6) is 1.02. The number of rotatable bonds is 6. The molecular weight excluding hydrogens is 248 g/mol. The van der Waals surface area contributed by atoms with E-state index in [0.29, 0.717) is 6.04 Å². The van der Waals surface area contributed by atoms with Gasteiger partial charge < -0.3 is 5.32 Å². The molecule has 1 aromatic heterocycles. The van der Waals surface area contributed by atoms with E-state index in [-0.39, 0.29) is 5.69 Å². The topological polar surface area (TPSA) is 62.7 Å². The maximum atomic E-state index is 11.5. The van der Waals surface area contributed by atoms with Gasteiger partial charge in [-0.1, -0.05) is 25.1 Å². The number of hydrogen-bond acceptors (Lipinski definition) is 4. The van der Waals surface area contributed by atoms with Crippen LogP contribution in [0.1, 0.15) is 39.0 Å². The molecule has 6 heteroatoms. The van der Waals surface area contributed by atoms with Crippen LogP contribution < -0.4 is 11.0 Å². The molecule has 1 aliphatic heterocycles. The molecule has 1 aromatic rings. The zero-order chi connectivity index (χ0) is 12.8. The third-order valence-corrected chi connectivity index (χ3v) is 4.29. The molecule has 1 atom stereocenters. The van der Waals surface area contributed by atoms with Gasteiger partial charge in [0.05, 0.1) is 0 Å². The van der Waals surface area contributed by atoms with Crippen LogP contribution in [0.3, 0.4) is 0 Å². The fourth-order valence-corrected chi connectivity index (χ4v) is 3.32. The number of aromatic nitrogens is 3. The maximum absolute atomic E-state index is 11.5. The second kappa shape index (κ2) is 6.99. The minimum atomic E-state index is -0.0878. The van der Waals surface area contributed by atoms with Crippen molar-refractivity contribution in [2.45, 2.75) is 56.8 Å². The highest BCUT2D eigenvalue weighted by Gasteiger charge is 2.13. The van der Waals surface area contributed by atoms with Crippen LogP contribution in [0.25, 0.3) is 0 Å². The minimum absolute atomic E-state index is 0.0878. The second-order valence-electron chi connectivity index (χ2n) is 4.75. The smallest absolute Gasteiger partial charge is 0.314 e. The number of piperidine rings is 1. The van der Waals surface area contributed by atoms with Gasteiger partial charge in [-0.25, -0.2) is 9.89 Å². The van der Waals surface area contributed by atoms with Gasteiger partial charge in [-0.15, -0.1) is 5.10 Å². The fraction of sp³-hybridized carbons (Fsp3) is 0.833. The SMILES string of the molecule is CCCn1c(SCCC2CCCCN2)n[nH]c1=O. The molecule has 1 saturated heterocycles. The van der Waals surface area contributed by atoms with Crippen LogP contribution in [0.4, 0.5) is 0 Å². The second-order valence-corrected chi connectivity index (χ2v) is 5.81. The van der Waals surface area contributed by atoms with Crippen LogP contribution in [0.2, 0.25) is 0 Å². The normalized spacial score (nSPS) is 20.2. The molecule has 1 aliphatic rings. The van der Waals surface area contributed by atoms with Crippen LogP contribution in [0, 0.1) is 0 Å². The molecule has 2 N–H and O–H groups in total. The quantitative estimate of drug-likeness (QED) is 0.771. The summed E-state index contributed by atoms with van der Waals surface area (Å²) >= 11 is 1.68. The number of H-pyrrole nitrogens is 1. The molecule has 0 bridgehead atoms. The molecule has 1 unspecified atom stereocenters. The summed E-state index contributed by atoms with van der Waals surface area (Å²) in [6.45, 7) is 3.97. The molecule has 2 rings (SSSR count). The first-order valence-electron chi connectivity index (χ1n) is 6.82. The Balaban J connectivity index is 1.80. The predicted molar refractivity (Wildman–Crippen MR) is 74.1 cm³/mol. The molecule has 2 heterocycles. The monoisotopic (exact) mass is 270 g/mol. The van der Waals surface area contributed by atoms with E-state index >= 15 is 0 Å². The predicted octanol–water partition coefficient (Wildman–Crippen LogP) is 1.61. The van der Waals surface area contributed by atoms with Crippen molar-refractivity contribution in [1.29, 1.82) is 0 Å². The van der Waals surface area contributed by atoms with Gasteiger partial charge in [0.1, 0.15) is 0 Å². The summed E-state index contributed by atoms with van der Waals surface area (Å²) in [4.78, 5) is 11.5. The lowest BCUT2D eigenvalue weighted by molar-refractivity contribution is 0.394. The highest BCUT2D eigenvalue weighted by molar-refractivity contribution is 7.99. The number of nitrogens with one attached hydrogen (secondary N) is 2. The van der Waals surface area contributed by atoms with Crippen LogP contribution in [-0.4, -0.2) is 33.1 Å². The van der Waals surface area contributed by atoms with Crippen molar-refractivity contribution in [1.82, 2.24) is 20.1 Å². The summed E-state index contributed by atoms with van der Waals surface area (Å²) in [6.07, 6.45) is 6.03. The van der Waals surface area contributed by atoms with E-state index in [1.54, 1.807) is 16.3 Å². The molecule has 18 heavy (non-hydrogen) atoms. The average molecular weight is 270 g/mol.